The van der Waals surface area contributed by atoms with E-state index in [1.165, 1.54) is 6.92 Å². The van der Waals surface area contributed by atoms with Gasteiger partial charge in [-0.15, -0.1) is 0 Å². The molecule has 0 atom stereocenters. The topological polar surface area (TPSA) is 66.4 Å². The Morgan fingerprint density at radius 1 is 1.56 bits per heavy atom. The molecule has 5 heteroatoms. The molecule has 9 heavy (non-hydrogen) atoms. The van der Waals surface area contributed by atoms with Crippen LogP contribution in [-0.4, -0.2) is 18.5 Å². The van der Waals surface area contributed by atoms with Crippen LogP contribution in [0.2, 0.25) is 0 Å². The third-order valence-corrected chi connectivity index (χ3v) is 0.442. The third-order valence-electron chi connectivity index (χ3n) is 0.442. The number of aliphatic carboxylic acids is 1. The largest absolute Gasteiger partial charge is 1.00 e. The molecule has 0 heterocycles. The van der Waals surface area contributed by atoms with Crippen molar-refractivity contribution in [1.82, 2.24) is 0 Å². The second-order valence-electron chi connectivity index (χ2n) is 1.01. The summed E-state index contributed by atoms with van der Waals surface area (Å²) in [4.78, 5) is 19.4. The van der Waals surface area contributed by atoms with Crippen molar-refractivity contribution in [3.8, 4) is 0 Å². The van der Waals surface area contributed by atoms with Crippen molar-refractivity contribution in [2.45, 2.75) is 6.92 Å². The molecule has 0 aromatic rings. The summed E-state index contributed by atoms with van der Waals surface area (Å²) in [6.07, 6.45) is 0. The number of rotatable bonds is 1. The molecule has 0 fully saturated rings. The number of halogens is 1. The molecule has 0 saturated heterocycles. The van der Waals surface area contributed by atoms with Crippen LogP contribution in [0, 0.1) is 0 Å². The molecule has 0 aliphatic rings. The molecule has 0 bridgehead atoms. The molecule has 0 aliphatic heterocycles. The summed E-state index contributed by atoms with van der Waals surface area (Å²) < 4.78 is 4.00. The van der Waals surface area contributed by atoms with Crippen molar-refractivity contribution in [1.29, 1.82) is 0 Å². The maximum Gasteiger partial charge on any atom is 0.354 e. The van der Waals surface area contributed by atoms with Gasteiger partial charge in [-0.1, -0.05) is 0 Å². The molecule has 0 N–H and O–H groups in total. The van der Waals surface area contributed by atoms with Gasteiger partial charge in [-0.05, 0) is 6.92 Å². The molecule has 0 rings (SSSR count). The highest BCUT2D eigenvalue weighted by atomic mass is 35.5. The van der Waals surface area contributed by atoms with Gasteiger partial charge in [-0.3, -0.25) is 0 Å². The summed E-state index contributed by atoms with van der Waals surface area (Å²) >= 11 is 0. The lowest BCUT2D eigenvalue weighted by atomic mass is 10.7. The minimum Gasteiger partial charge on any atom is -1.00 e. The zero-order valence-electron chi connectivity index (χ0n) is 4.72. The number of carbonyl (C=O) groups is 2. The Hall–Kier alpha value is -0.770. The molecule has 4 nitrogen and oxygen atoms in total. The normalized spacial score (nSPS) is 7.22. The van der Waals surface area contributed by atoms with Crippen LogP contribution in [0.4, 0.5) is 0 Å². The lowest BCUT2D eigenvalue weighted by Gasteiger charge is -1.98. The molecular weight excluding hydrogens is 147 g/mol. The quantitative estimate of drug-likeness (QED) is 0.280. The van der Waals surface area contributed by atoms with Gasteiger partial charge in [0.1, 0.15) is 0 Å². The van der Waals surface area contributed by atoms with Gasteiger partial charge in [0.25, 0.3) is 0 Å². The van der Waals surface area contributed by atoms with E-state index in [1.807, 2.05) is 0 Å². The van der Waals surface area contributed by atoms with Gasteiger partial charge in [-0.2, -0.15) is 0 Å². The van der Waals surface area contributed by atoms with Crippen molar-refractivity contribution < 1.29 is 31.8 Å². The minimum absolute atomic E-state index is 0. The maximum atomic E-state index is 9.86. The Labute approximate surface area is 58.2 Å². The van der Waals surface area contributed by atoms with Gasteiger partial charge in [-0.25, -0.2) is 4.79 Å². The summed E-state index contributed by atoms with van der Waals surface area (Å²) in [7, 11) is 0. The fourth-order valence-electron chi connectivity index (χ4n) is 0.190. The van der Waals surface area contributed by atoms with Gasteiger partial charge in [0.2, 0.25) is 0 Å². The highest BCUT2D eigenvalue weighted by molar-refractivity contribution is 6.27. The average Bonchev–Trinajstić information content (AvgIpc) is 1.67. The van der Waals surface area contributed by atoms with Gasteiger partial charge < -0.3 is 27.0 Å². The SMILES string of the molecule is CCOC(=O)C(=O)[O-].[Cl-]. The van der Waals surface area contributed by atoms with Crippen LogP contribution in [0.25, 0.3) is 0 Å². The van der Waals surface area contributed by atoms with Crippen LogP contribution in [0.15, 0.2) is 0 Å². The first kappa shape index (κ1) is 11.1. The predicted molar refractivity (Wildman–Crippen MR) is 21.6 cm³/mol. The van der Waals surface area contributed by atoms with Crippen LogP contribution in [0.3, 0.4) is 0 Å². The molecule has 0 aliphatic carbocycles. The average molecular weight is 153 g/mol. The van der Waals surface area contributed by atoms with E-state index in [9.17, 15) is 14.7 Å². The number of carboxylic acids is 1. The standard InChI is InChI=1S/C4H6O4.ClH/c1-2-8-4(7)3(5)6;/h2H2,1H3,(H,5,6);1H/p-2. The van der Waals surface area contributed by atoms with E-state index in [0.717, 1.165) is 0 Å². The summed E-state index contributed by atoms with van der Waals surface area (Å²) in [5.74, 6) is -3.11. The Kier molecular flexibility index (Phi) is 6.61. The molecular formula is C4H5ClO4-2. The number of esters is 1. The van der Waals surface area contributed by atoms with Gasteiger partial charge in [0, 0.05) is 0 Å². The van der Waals surface area contributed by atoms with E-state index in [-0.39, 0.29) is 19.0 Å². The first-order valence-electron chi connectivity index (χ1n) is 2.06. The Bertz CT molecular complexity index is 111. The summed E-state index contributed by atoms with van der Waals surface area (Å²) in [6, 6.07) is 0. The number of carboxylic acid groups (broad SMARTS) is 1. The van der Waals surface area contributed by atoms with Gasteiger partial charge >= 0.3 is 5.97 Å². The zero-order valence-corrected chi connectivity index (χ0v) is 5.47. The molecule has 0 aromatic heterocycles. The first-order chi connectivity index (χ1) is 3.68. The van der Waals surface area contributed by atoms with Crippen LogP contribution in [0.5, 0.6) is 0 Å². The highest BCUT2D eigenvalue weighted by Crippen LogP contribution is 1.72. The predicted octanol–water partition coefficient (Wildman–Crippen LogP) is -4.70. The smallest absolute Gasteiger partial charge is 0.354 e. The van der Waals surface area contributed by atoms with E-state index in [2.05, 4.69) is 4.74 Å². The molecule has 0 radical (unpaired) electrons. The van der Waals surface area contributed by atoms with Gasteiger partial charge in [0.05, 0.1) is 6.61 Å². The molecule has 0 aromatic carbocycles. The number of ether oxygens (including phenoxy) is 1. The summed E-state index contributed by atoms with van der Waals surface area (Å²) in [5, 5.41) is 9.50. The van der Waals surface area contributed by atoms with E-state index in [0.29, 0.717) is 0 Å². The number of hydrogen-bond acceptors (Lipinski definition) is 4. The zero-order chi connectivity index (χ0) is 6.57. The van der Waals surface area contributed by atoms with Crippen LogP contribution < -0.4 is 17.5 Å². The number of hydrogen-bond donors (Lipinski definition) is 0. The van der Waals surface area contributed by atoms with Crippen LogP contribution in [-0.2, 0) is 14.3 Å². The van der Waals surface area contributed by atoms with Crippen molar-refractivity contribution in [3.63, 3.8) is 0 Å². The summed E-state index contributed by atoms with van der Waals surface area (Å²) in [6.45, 7) is 1.58. The lowest BCUT2D eigenvalue weighted by Crippen LogP contribution is -3.00. The minimum atomic E-state index is -1.80. The molecule has 54 valence electrons. The fourth-order valence-corrected chi connectivity index (χ4v) is 0.190. The van der Waals surface area contributed by atoms with Crippen LogP contribution in [0.1, 0.15) is 6.92 Å². The van der Waals surface area contributed by atoms with Crippen LogP contribution >= 0.6 is 0 Å². The van der Waals surface area contributed by atoms with Crippen molar-refractivity contribution >= 4 is 11.9 Å². The Morgan fingerprint density at radius 3 is 2.11 bits per heavy atom. The van der Waals surface area contributed by atoms with E-state index in [1.54, 1.807) is 0 Å². The van der Waals surface area contributed by atoms with E-state index in [4.69, 9.17) is 0 Å². The lowest BCUT2D eigenvalue weighted by molar-refractivity contribution is -0.303. The fraction of sp³-hybridized carbons (Fsp3) is 0.500. The Morgan fingerprint density at radius 2 is 2.00 bits per heavy atom. The summed E-state index contributed by atoms with van der Waals surface area (Å²) in [5.41, 5.74) is 0. The monoisotopic (exact) mass is 152 g/mol. The molecule has 0 spiro atoms. The second-order valence-corrected chi connectivity index (χ2v) is 1.01. The first-order valence-corrected chi connectivity index (χ1v) is 2.06. The molecule has 0 amide bonds. The highest BCUT2D eigenvalue weighted by Gasteiger charge is 1.98. The molecule has 0 unspecified atom stereocenters. The van der Waals surface area contributed by atoms with E-state index >= 15 is 0 Å². The maximum absolute atomic E-state index is 9.86. The van der Waals surface area contributed by atoms with Gasteiger partial charge in [0.15, 0.2) is 5.97 Å². The molecule has 0 saturated carbocycles. The second kappa shape index (κ2) is 5.37. The third kappa shape index (κ3) is 5.10. The van der Waals surface area contributed by atoms with Crippen molar-refractivity contribution in [2.75, 3.05) is 6.61 Å². The van der Waals surface area contributed by atoms with Crippen molar-refractivity contribution in [2.24, 2.45) is 0 Å². The Balaban J connectivity index is 0. The van der Waals surface area contributed by atoms with E-state index < -0.39 is 11.9 Å². The van der Waals surface area contributed by atoms with Crippen molar-refractivity contribution in [3.05, 3.63) is 0 Å². The number of carbonyl (C=O) groups excluding carboxylic acids is 2.